The highest BCUT2D eigenvalue weighted by atomic mass is 127. The number of carbonyl (C=O) groups excluding carboxylic acids is 1. The molecule has 0 aliphatic heterocycles. The van der Waals surface area contributed by atoms with Gasteiger partial charge in [0.1, 0.15) is 5.69 Å². The van der Waals surface area contributed by atoms with Crippen LogP contribution in [0.1, 0.15) is 20.8 Å². The predicted octanol–water partition coefficient (Wildman–Crippen LogP) is 3.29. The zero-order valence-electron chi connectivity index (χ0n) is 9.93. The molecule has 1 heterocycles. The molecular weight excluding hydrogens is 395 g/mol. The molecule has 7 heteroatoms. The van der Waals surface area contributed by atoms with Gasteiger partial charge in [-0.05, 0) is 52.9 Å². The molecule has 0 aliphatic carbocycles. The minimum atomic E-state index is -1.20. The molecule has 0 aliphatic rings. The standard InChI is InChI=1S/C13H8ClIN2O3/c14-7-3-4-10(9(15)6-7)17-12(18)11-8(13(19)20)2-1-5-16-11/h1-6H,(H,17,18)(H,19,20). The number of carboxylic acids is 1. The first-order valence-corrected chi connectivity index (χ1v) is 6.89. The molecule has 0 saturated heterocycles. The van der Waals surface area contributed by atoms with Gasteiger partial charge < -0.3 is 10.4 Å². The van der Waals surface area contributed by atoms with Crippen molar-refractivity contribution in [3.8, 4) is 0 Å². The number of carbonyl (C=O) groups is 2. The fourth-order valence-corrected chi connectivity index (χ4v) is 2.54. The van der Waals surface area contributed by atoms with Gasteiger partial charge in [-0.3, -0.25) is 9.78 Å². The number of rotatable bonds is 3. The van der Waals surface area contributed by atoms with Crippen molar-refractivity contribution in [2.24, 2.45) is 0 Å². The van der Waals surface area contributed by atoms with Crippen LogP contribution < -0.4 is 5.32 Å². The fourth-order valence-electron chi connectivity index (χ4n) is 1.53. The van der Waals surface area contributed by atoms with Crippen molar-refractivity contribution in [3.63, 3.8) is 0 Å². The molecule has 0 fully saturated rings. The summed E-state index contributed by atoms with van der Waals surface area (Å²) in [5.74, 6) is -1.78. The topological polar surface area (TPSA) is 79.3 Å². The van der Waals surface area contributed by atoms with Gasteiger partial charge in [0, 0.05) is 14.8 Å². The van der Waals surface area contributed by atoms with Crippen molar-refractivity contribution in [3.05, 3.63) is 56.4 Å². The summed E-state index contributed by atoms with van der Waals surface area (Å²) in [5, 5.41) is 12.2. The van der Waals surface area contributed by atoms with Crippen molar-refractivity contribution in [2.45, 2.75) is 0 Å². The van der Waals surface area contributed by atoms with Crippen LogP contribution in [0.3, 0.4) is 0 Å². The number of aromatic carboxylic acids is 1. The average Bonchev–Trinajstić information content (AvgIpc) is 2.41. The third-order valence-electron chi connectivity index (χ3n) is 2.43. The first kappa shape index (κ1) is 14.7. The summed E-state index contributed by atoms with van der Waals surface area (Å²) < 4.78 is 0.747. The Hall–Kier alpha value is -1.67. The third kappa shape index (κ3) is 3.26. The molecule has 0 radical (unpaired) electrons. The highest BCUT2D eigenvalue weighted by Crippen LogP contribution is 2.23. The molecule has 0 spiro atoms. The molecule has 0 atom stereocenters. The van der Waals surface area contributed by atoms with Gasteiger partial charge >= 0.3 is 5.97 Å². The van der Waals surface area contributed by atoms with Crippen molar-refractivity contribution in [2.75, 3.05) is 5.32 Å². The first-order valence-electron chi connectivity index (χ1n) is 5.44. The van der Waals surface area contributed by atoms with Gasteiger partial charge in [-0.2, -0.15) is 0 Å². The van der Waals surface area contributed by atoms with Gasteiger partial charge in [-0.1, -0.05) is 11.6 Å². The number of nitrogens with zero attached hydrogens (tertiary/aromatic N) is 1. The number of amides is 1. The van der Waals surface area contributed by atoms with Crippen LogP contribution in [0.2, 0.25) is 5.02 Å². The molecule has 1 aromatic heterocycles. The summed E-state index contributed by atoms with van der Waals surface area (Å²) in [6, 6.07) is 7.76. The van der Waals surface area contributed by atoms with Gasteiger partial charge in [-0.25, -0.2) is 4.79 Å². The molecule has 2 rings (SSSR count). The second kappa shape index (κ2) is 6.19. The lowest BCUT2D eigenvalue weighted by atomic mass is 10.2. The summed E-state index contributed by atoms with van der Waals surface area (Å²) in [6.07, 6.45) is 1.37. The van der Waals surface area contributed by atoms with Crippen molar-refractivity contribution >= 4 is 51.8 Å². The zero-order valence-corrected chi connectivity index (χ0v) is 12.8. The van der Waals surface area contributed by atoms with Crippen molar-refractivity contribution in [1.29, 1.82) is 0 Å². The molecule has 5 nitrogen and oxygen atoms in total. The Balaban J connectivity index is 2.31. The first-order chi connectivity index (χ1) is 9.49. The summed E-state index contributed by atoms with van der Waals surface area (Å²) >= 11 is 7.85. The van der Waals surface area contributed by atoms with Crippen LogP contribution in [-0.4, -0.2) is 22.0 Å². The van der Waals surface area contributed by atoms with E-state index in [1.807, 2.05) is 22.6 Å². The number of nitrogens with one attached hydrogen (secondary N) is 1. The predicted molar refractivity (Wildman–Crippen MR) is 83.3 cm³/mol. The Bertz CT molecular complexity index is 691. The summed E-state index contributed by atoms with van der Waals surface area (Å²) in [4.78, 5) is 27.0. The largest absolute Gasteiger partial charge is 0.478 e. The second-order valence-corrected chi connectivity index (χ2v) is 5.38. The fraction of sp³-hybridized carbons (Fsp3) is 0. The molecule has 2 N–H and O–H groups in total. The van der Waals surface area contributed by atoms with Gasteiger partial charge in [0.25, 0.3) is 5.91 Å². The van der Waals surface area contributed by atoms with Crippen LogP contribution >= 0.6 is 34.2 Å². The number of hydrogen-bond acceptors (Lipinski definition) is 3. The van der Waals surface area contributed by atoms with Crippen LogP contribution in [0.4, 0.5) is 5.69 Å². The highest BCUT2D eigenvalue weighted by Gasteiger charge is 2.18. The normalized spacial score (nSPS) is 10.1. The minimum absolute atomic E-state index is 0.134. The van der Waals surface area contributed by atoms with E-state index in [9.17, 15) is 9.59 Å². The number of carboxylic acid groups (broad SMARTS) is 1. The molecular formula is C13H8ClIN2O3. The van der Waals surface area contributed by atoms with Crippen molar-refractivity contribution in [1.82, 2.24) is 4.98 Å². The van der Waals surface area contributed by atoms with Crippen LogP contribution in [0, 0.1) is 3.57 Å². The van der Waals surface area contributed by atoms with E-state index in [1.54, 1.807) is 18.2 Å². The summed E-state index contributed by atoms with van der Waals surface area (Å²) in [7, 11) is 0. The molecule has 0 unspecified atom stereocenters. The number of halogens is 2. The van der Waals surface area contributed by atoms with Gasteiger partial charge in [0.2, 0.25) is 0 Å². The van der Waals surface area contributed by atoms with Gasteiger partial charge in [0.05, 0.1) is 11.3 Å². The SMILES string of the molecule is O=C(O)c1cccnc1C(=O)Nc1ccc(Cl)cc1I. The Morgan fingerprint density at radius 1 is 1.30 bits per heavy atom. The number of anilines is 1. The lowest BCUT2D eigenvalue weighted by molar-refractivity contribution is 0.0691. The van der Waals surface area contributed by atoms with Crippen LogP contribution in [0.15, 0.2) is 36.5 Å². The Morgan fingerprint density at radius 3 is 2.70 bits per heavy atom. The van der Waals surface area contributed by atoms with Gasteiger partial charge in [0.15, 0.2) is 0 Å². The molecule has 20 heavy (non-hydrogen) atoms. The van der Waals surface area contributed by atoms with E-state index in [-0.39, 0.29) is 11.3 Å². The maximum absolute atomic E-state index is 12.1. The van der Waals surface area contributed by atoms with E-state index in [2.05, 4.69) is 10.3 Å². The Labute approximate surface area is 133 Å². The summed E-state index contributed by atoms with van der Waals surface area (Å²) in [5.41, 5.74) is 0.265. The zero-order chi connectivity index (χ0) is 14.7. The molecule has 0 bridgehead atoms. The Morgan fingerprint density at radius 2 is 2.05 bits per heavy atom. The Kier molecular flexibility index (Phi) is 4.56. The number of hydrogen-bond donors (Lipinski definition) is 2. The van der Waals surface area contributed by atoms with E-state index in [4.69, 9.17) is 16.7 Å². The lowest BCUT2D eigenvalue weighted by Gasteiger charge is -2.08. The van der Waals surface area contributed by atoms with Crippen molar-refractivity contribution < 1.29 is 14.7 Å². The van der Waals surface area contributed by atoms with Gasteiger partial charge in [-0.15, -0.1) is 0 Å². The second-order valence-electron chi connectivity index (χ2n) is 3.78. The van der Waals surface area contributed by atoms with E-state index in [0.29, 0.717) is 10.7 Å². The quantitative estimate of drug-likeness (QED) is 0.772. The van der Waals surface area contributed by atoms with Crippen LogP contribution in [0.5, 0.6) is 0 Å². The molecule has 1 amide bonds. The smallest absolute Gasteiger partial charge is 0.338 e. The molecule has 1 aromatic carbocycles. The number of pyridine rings is 1. The monoisotopic (exact) mass is 402 g/mol. The maximum Gasteiger partial charge on any atom is 0.338 e. The molecule has 0 saturated carbocycles. The maximum atomic E-state index is 12.1. The number of benzene rings is 1. The highest BCUT2D eigenvalue weighted by molar-refractivity contribution is 14.1. The molecule has 102 valence electrons. The van der Waals surface area contributed by atoms with E-state index in [1.165, 1.54) is 18.3 Å². The molecule has 2 aromatic rings. The summed E-state index contributed by atoms with van der Waals surface area (Å²) in [6.45, 7) is 0. The third-order valence-corrected chi connectivity index (χ3v) is 3.56. The van der Waals surface area contributed by atoms with E-state index < -0.39 is 11.9 Å². The number of aromatic nitrogens is 1. The van der Waals surface area contributed by atoms with E-state index in [0.717, 1.165) is 3.57 Å². The lowest BCUT2D eigenvalue weighted by Crippen LogP contribution is -2.18. The average molecular weight is 403 g/mol. The van der Waals surface area contributed by atoms with Crippen LogP contribution in [-0.2, 0) is 0 Å². The minimum Gasteiger partial charge on any atom is -0.478 e. The van der Waals surface area contributed by atoms with E-state index >= 15 is 0 Å². The van der Waals surface area contributed by atoms with Crippen LogP contribution in [0.25, 0.3) is 0 Å².